The van der Waals surface area contributed by atoms with E-state index in [1.54, 1.807) is 10.8 Å². The number of rotatable bonds is 6. The molecule has 1 aliphatic rings. The number of fused-ring (bicyclic) bond motifs is 1. The van der Waals surface area contributed by atoms with E-state index in [1.807, 2.05) is 19.1 Å². The Morgan fingerprint density at radius 2 is 2.00 bits per heavy atom. The Labute approximate surface area is 179 Å². The SMILES string of the molecule is CCc1nc2sc([C@@H](c3ccco3)[NH+]3CCC(Cc4ccccc4)CC3)c(O)n2n1. The number of hydrogen-bond acceptors (Lipinski definition) is 5. The molecule has 7 heteroatoms. The van der Waals surface area contributed by atoms with Crippen LogP contribution in [0.2, 0.25) is 0 Å². The number of thiazole rings is 1. The average molecular weight is 424 g/mol. The minimum Gasteiger partial charge on any atom is -0.492 e. The van der Waals surface area contributed by atoms with Crippen molar-refractivity contribution in [2.75, 3.05) is 13.1 Å². The minimum atomic E-state index is -0.0312. The average Bonchev–Trinajstić information content (AvgIpc) is 3.50. The van der Waals surface area contributed by atoms with Crippen LogP contribution in [-0.2, 0) is 12.8 Å². The molecule has 1 aliphatic heterocycles. The normalized spacial score (nSPS) is 20.6. The Kier molecular flexibility index (Phi) is 5.31. The number of nitrogens with zero attached hydrogens (tertiary/aromatic N) is 3. The van der Waals surface area contributed by atoms with Crippen LogP contribution in [-0.4, -0.2) is 32.8 Å². The number of piperidine rings is 1. The van der Waals surface area contributed by atoms with Crippen molar-refractivity contribution in [2.24, 2.45) is 5.92 Å². The number of hydrogen-bond donors (Lipinski definition) is 2. The first kappa shape index (κ1) is 19.3. The summed E-state index contributed by atoms with van der Waals surface area (Å²) in [6, 6.07) is 14.7. The molecule has 0 radical (unpaired) electrons. The van der Waals surface area contributed by atoms with Gasteiger partial charge in [-0.05, 0) is 42.9 Å². The Hall–Kier alpha value is -2.64. The zero-order valence-electron chi connectivity index (χ0n) is 17.1. The van der Waals surface area contributed by atoms with Crippen LogP contribution in [0.15, 0.2) is 53.1 Å². The van der Waals surface area contributed by atoms with Crippen LogP contribution >= 0.6 is 11.3 Å². The number of furan rings is 1. The van der Waals surface area contributed by atoms with Crippen LogP contribution in [0.5, 0.6) is 5.88 Å². The van der Waals surface area contributed by atoms with Gasteiger partial charge in [-0.25, -0.2) is 4.98 Å². The van der Waals surface area contributed by atoms with E-state index in [1.165, 1.54) is 34.6 Å². The van der Waals surface area contributed by atoms with Crippen LogP contribution in [0.4, 0.5) is 0 Å². The van der Waals surface area contributed by atoms with Crippen molar-refractivity contribution in [2.45, 2.75) is 38.6 Å². The van der Waals surface area contributed by atoms with Gasteiger partial charge in [0.05, 0.1) is 19.4 Å². The summed E-state index contributed by atoms with van der Waals surface area (Å²) >= 11 is 1.52. The zero-order chi connectivity index (χ0) is 20.5. The summed E-state index contributed by atoms with van der Waals surface area (Å²) in [4.78, 5) is 7.62. The molecule has 0 bridgehead atoms. The van der Waals surface area contributed by atoms with E-state index in [4.69, 9.17) is 4.42 Å². The predicted molar refractivity (Wildman–Crippen MR) is 116 cm³/mol. The quantitative estimate of drug-likeness (QED) is 0.499. The van der Waals surface area contributed by atoms with Gasteiger partial charge in [0.25, 0.3) is 0 Å². The van der Waals surface area contributed by atoms with E-state index < -0.39 is 0 Å². The second kappa shape index (κ2) is 8.24. The molecule has 3 aromatic heterocycles. The summed E-state index contributed by atoms with van der Waals surface area (Å²) in [5.74, 6) is 2.55. The topological polar surface area (TPSA) is 68.0 Å². The van der Waals surface area contributed by atoms with Crippen LogP contribution in [0.1, 0.15) is 47.8 Å². The lowest BCUT2D eigenvalue weighted by Crippen LogP contribution is -3.13. The molecule has 0 unspecified atom stereocenters. The van der Waals surface area contributed by atoms with Gasteiger partial charge in [-0.15, -0.1) is 5.10 Å². The van der Waals surface area contributed by atoms with E-state index in [0.29, 0.717) is 5.92 Å². The van der Waals surface area contributed by atoms with Crippen LogP contribution in [0.3, 0.4) is 0 Å². The molecule has 0 saturated carbocycles. The molecule has 4 heterocycles. The smallest absolute Gasteiger partial charge is 0.235 e. The predicted octanol–water partition coefficient (Wildman–Crippen LogP) is 3.28. The summed E-state index contributed by atoms with van der Waals surface area (Å²) in [5, 5.41) is 15.4. The number of benzene rings is 1. The van der Waals surface area contributed by atoms with Gasteiger partial charge in [0, 0.05) is 6.42 Å². The second-order valence-corrected chi connectivity index (χ2v) is 9.11. The number of likely N-dealkylation sites (tertiary alicyclic amines) is 1. The van der Waals surface area contributed by atoms with E-state index in [-0.39, 0.29) is 11.9 Å². The van der Waals surface area contributed by atoms with Crippen LogP contribution in [0, 0.1) is 5.92 Å². The molecule has 0 aliphatic carbocycles. The van der Waals surface area contributed by atoms with E-state index in [9.17, 15) is 5.11 Å². The Bertz CT molecular complexity index is 1100. The van der Waals surface area contributed by atoms with E-state index >= 15 is 0 Å². The molecule has 1 atom stereocenters. The number of aromatic nitrogens is 3. The van der Waals surface area contributed by atoms with Crippen molar-refractivity contribution in [1.82, 2.24) is 14.6 Å². The highest BCUT2D eigenvalue weighted by atomic mass is 32.1. The summed E-state index contributed by atoms with van der Waals surface area (Å²) in [6.07, 6.45) is 5.95. The molecular formula is C23H27N4O2S+. The van der Waals surface area contributed by atoms with Gasteiger partial charge in [-0.2, -0.15) is 4.52 Å². The first-order valence-corrected chi connectivity index (χ1v) is 11.5. The lowest BCUT2D eigenvalue weighted by Gasteiger charge is -2.33. The maximum atomic E-state index is 11.0. The van der Waals surface area contributed by atoms with Crippen molar-refractivity contribution in [3.05, 3.63) is 70.8 Å². The largest absolute Gasteiger partial charge is 0.492 e. The van der Waals surface area contributed by atoms with Crippen LogP contribution in [0.25, 0.3) is 4.96 Å². The molecule has 30 heavy (non-hydrogen) atoms. The van der Waals surface area contributed by atoms with Gasteiger partial charge in [-0.3, -0.25) is 0 Å². The fourth-order valence-corrected chi connectivity index (χ4v) is 5.73. The molecule has 1 fully saturated rings. The van der Waals surface area contributed by atoms with Gasteiger partial charge in [0.2, 0.25) is 10.8 Å². The molecule has 4 aromatic rings. The highest BCUT2D eigenvalue weighted by Crippen LogP contribution is 2.35. The molecule has 1 aromatic carbocycles. The summed E-state index contributed by atoms with van der Waals surface area (Å²) in [6.45, 7) is 4.12. The molecule has 156 valence electrons. The van der Waals surface area contributed by atoms with E-state index in [2.05, 4.69) is 40.4 Å². The van der Waals surface area contributed by atoms with Crippen molar-refractivity contribution < 1.29 is 14.4 Å². The summed E-state index contributed by atoms with van der Waals surface area (Å²) < 4.78 is 7.40. The van der Waals surface area contributed by atoms with Gasteiger partial charge < -0.3 is 14.4 Å². The maximum absolute atomic E-state index is 11.0. The second-order valence-electron chi connectivity index (χ2n) is 8.11. The monoisotopic (exact) mass is 423 g/mol. The molecule has 2 N–H and O–H groups in total. The van der Waals surface area contributed by atoms with Gasteiger partial charge in [0.15, 0.2) is 17.6 Å². The van der Waals surface area contributed by atoms with E-state index in [0.717, 1.165) is 47.4 Å². The first-order chi connectivity index (χ1) is 14.7. The number of quaternary nitrogens is 1. The van der Waals surface area contributed by atoms with Crippen LogP contribution < -0.4 is 4.90 Å². The Balaban J connectivity index is 1.38. The van der Waals surface area contributed by atoms with Crippen molar-refractivity contribution in [3.63, 3.8) is 0 Å². The molecule has 5 rings (SSSR count). The summed E-state index contributed by atoms with van der Waals surface area (Å²) in [5.41, 5.74) is 1.42. The fraction of sp³-hybridized carbons (Fsp3) is 0.391. The standard InChI is InChI=1S/C23H26N4O2S/c1-2-19-24-23-27(25-19)22(28)21(30-23)20(18-9-6-14-29-18)26-12-10-17(11-13-26)15-16-7-4-3-5-8-16/h3-9,14,17,20,28H,2,10-13,15H2,1H3/p+1/t20-/m1/s1. The molecule has 1 saturated heterocycles. The zero-order valence-corrected chi connectivity index (χ0v) is 17.9. The maximum Gasteiger partial charge on any atom is 0.235 e. The Morgan fingerprint density at radius 3 is 2.67 bits per heavy atom. The summed E-state index contributed by atoms with van der Waals surface area (Å²) in [7, 11) is 0. The number of aromatic hydroxyl groups is 1. The van der Waals surface area contributed by atoms with Crippen molar-refractivity contribution in [3.8, 4) is 5.88 Å². The minimum absolute atomic E-state index is 0.0312. The van der Waals surface area contributed by atoms with Gasteiger partial charge in [0.1, 0.15) is 4.88 Å². The van der Waals surface area contributed by atoms with Gasteiger partial charge in [-0.1, -0.05) is 48.6 Å². The molecule has 0 amide bonds. The Morgan fingerprint density at radius 1 is 1.20 bits per heavy atom. The lowest BCUT2D eigenvalue weighted by atomic mass is 9.89. The molecular weight excluding hydrogens is 396 g/mol. The number of aryl methyl sites for hydroxylation is 1. The van der Waals surface area contributed by atoms with Gasteiger partial charge >= 0.3 is 0 Å². The highest BCUT2D eigenvalue weighted by Gasteiger charge is 2.37. The molecule has 6 nitrogen and oxygen atoms in total. The third-order valence-electron chi connectivity index (χ3n) is 6.17. The van der Waals surface area contributed by atoms with Crippen molar-refractivity contribution in [1.29, 1.82) is 0 Å². The first-order valence-electron chi connectivity index (χ1n) is 10.7. The third-order valence-corrected chi connectivity index (χ3v) is 7.26. The molecule has 0 spiro atoms. The highest BCUT2D eigenvalue weighted by molar-refractivity contribution is 7.17. The van der Waals surface area contributed by atoms with Crippen molar-refractivity contribution >= 4 is 16.3 Å². The lowest BCUT2D eigenvalue weighted by molar-refractivity contribution is -0.932. The fourth-order valence-electron chi connectivity index (χ4n) is 4.59. The third kappa shape index (κ3) is 3.63. The number of nitrogens with one attached hydrogen (secondary N) is 1.